The summed E-state index contributed by atoms with van der Waals surface area (Å²) < 4.78 is 10.5. The Morgan fingerprint density at radius 1 is 1.04 bits per heavy atom. The van der Waals surface area contributed by atoms with Crippen LogP contribution in [0.15, 0.2) is 54.6 Å². The molecule has 27 heavy (non-hydrogen) atoms. The second-order valence-corrected chi connectivity index (χ2v) is 5.51. The topological polar surface area (TPSA) is 121 Å². The molecule has 0 radical (unpaired) electrons. The Morgan fingerprint density at radius 2 is 1.81 bits per heavy atom. The van der Waals surface area contributed by atoms with Gasteiger partial charge in [0.05, 0.1) is 25.4 Å². The Balaban J connectivity index is 1.70. The number of nitrogens with zero attached hydrogens (tertiary/aromatic N) is 2. The van der Waals surface area contributed by atoms with Gasteiger partial charge in [0.25, 0.3) is 0 Å². The number of para-hydroxylation sites is 1. The molecule has 9 nitrogen and oxygen atoms in total. The first-order valence-electron chi connectivity index (χ1n) is 8.11. The predicted molar refractivity (Wildman–Crippen MR) is 106 cm³/mol. The van der Waals surface area contributed by atoms with Crippen molar-refractivity contribution in [3.05, 3.63) is 54.6 Å². The van der Waals surface area contributed by atoms with Crippen LogP contribution in [0.25, 0.3) is 10.9 Å². The smallest absolute Gasteiger partial charge is 0.210 e. The third-order valence-corrected chi connectivity index (χ3v) is 3.81. The predicted octanol–water partition coefficient (Wildman–Crippen LogP) is 1.99. The number of hydrogen-bond acceptors (Lipinski definition) is 7. The second kappa shape index (κ2) is 8.21. The Hall–Kier alpha value is -3.56. The van der Waals surface area contributed by atoms with E-state index in [0.717, 1.165) is 16.6 Å². The maximum Gasteiger partial charge on any atom is 0.210 e. The van der Waals surface area contributed by atoms with Gasteiger partial charge in [0.1, 0.15) is 0 Å². The molecule has 0 aliphatic carbocycles. The van der Waals surface area contributed by atoms with Gasteiger partial charge in [-0.25, -0.2) is 9.99 Å². The number of methoxy groups -OCH3 is 2. The van der Waals surface area contributed by atoms with E-state index < -0.39 is 0 Å². The summed E-state index contributed by atoms with van der Waals surface area (Å²) in [6.07, 6.45) is 0. The standard InChI is InChI=1S/C18H21N7O2/c1-26-15-9-8-13(11-16(15)27-2)22-23-24-25(18(19)20)17-10-7-12-5-3-4-6-14(12)21-17/h3-11,22-24H,1-2H3,(H3,19,20). The van der Waals surface area contributed by atoms with Crippen molar-refractivity contribution in [2.24, 2.45) is 5.73 Å². The number of aromatic nitrogens is 1. The molecule has 1 heterocycles. The summed E-state index contributed by atoms with van der Waals surface area (Å²) in [5, 5.41) is 10.1. The number of guanidine groups is 1. The van der Waals surface area contributed by atoms with Gasteiger partial charge in [-0.05, 0) is 30.3 Å². The zero-order chi connectivity index (χ0) is 19.2. The molecule has 3 rings (SSSR count). The molecule has 0 atom stereocenters. The van der Waals surface area contributed by atoms with Crippen LogP contribution in [0.4, 0.5) is 11.5 Å². The highest BCUT2D eigenvalue weighted by atomic mass is 16.5. The molecule has 3 aromatic rings. The average Bonchev–Trinajstić information content (AvgIpc) is 2.70. The van der Waals surface area contributed by atoms with Crippen molar-refractivity contribution in [3.63, 3.8) is 0 Å². The summed E-state index contributed by atoms with van der Waals surface area (Å²) in [6.45, 7) is 0. The number of hydrazine groups is 3. The molecule has 0 aliphatic heterocycles. The maximum atomic E-state index is 7.79. The lowest BCUT2D eigenvalue weighted by atomic mass is 10.2. The summed E-state index contributed by atoms with van der Waals surface area (Å²) in [5.41, 5.74) is 15.7. The maximum absolute atomic E-state index is 7.79. The molecule has 6 N–H and O–H groups in total. The van der Waals surface area contributed by atoms with Crippen LogP contribution in [0.5, 0.6) is 11.5 Å². The van der Waals surface area contributed by atoms with Crippen molar-refractivity contribution in [2.45, 2.75) is 0 Å². The van der Waals surface area contributed by atoms with Gasteiger partial charge in [-0.15, -0.1) is 5.53 Å². The van der Waals surface area contributed by atoms with Gasteiger partial charge >= 0.3 is 0 Å². The molecule has 0 spiro atoms. The average molecular weight is 367 g/mol. The number of nitrogens with one attached hydrogen (secondary N) is 4. The molecule has 0 fully saturated rings. The molecule has 1 aromatic heterocycles. The Morgan fingerprint density at radius 3 is 2.56 bits per heavy atom. The molecular formula is C18H21N7O2. The van der Waals surface area contributed by atoms with Crippen molar-refractivity contribution >= 4 is 28.4 Å². The lowest BCUT2D eigenvalue weighted by Crippen LogP contribution is -2.55. The van der Waals surface area contributed by atoms with Gasteiger partial charge in [0.2, 0.25) is 5.96 Å². The van der Waals surface area contributed by atoms with Gasteiger partial charge in [0, 0.05) is 11.5 Å². The van der Waals surface area contributed by atoms with Gasteiger partial charge < -0.3 is 20.6 Å². The molecule has 9 heteroatoms. The zero-order valence-electron chi connectivity index (χ0n) is 15.0. The first kappa shape index (κ1) is 18.2. The van der Waals surface area contributed by atoms with Crippen molar-refractivity contribution in [1.29, 1.82) is 5.41 Å². The van der Waals surface area contributed by atoms with Crippen molar-refractivity contribution in [3.8, 4) is 11.5 Å². The minimum atomic E-state index is -0.223. The van der Waals surface area contributed by atoms with Crippen LogP contribution in [0.2, 0.25) is 0 Å². The summed E-state index contributed by atoms with van der Waals surface area (Å²) >= 11 is 0. The molecule has 0 aliphatic rings. The molecular weight excluding hydrogens is 346 g/mol. The van der Waals surface area contributed by atoms with Crippen LogP contribution in [0, 0.1) is 5.41 Å². The normalized spacial score (nSPS) is 10.4. The molecule has 0 saturated carbocycles. The lowest BCUT2D eigenvalue weighted by Gasteiger charge is -2.23. The summed E-state index contributed by atoms with van der Waals surface area (Å²) in [5.74, 6) is 1.47. The molecule has 0 bridgehead atoms. The van der Waals surface area contributed by atoms with Crippen LogP contribution in [0.3, 0.4) is 0 Å². The van der Waals surface area contributed by atoms with Crippen LogP contribution in [-0.2, 0) is 0 Å². The van der Waals surface area contributed by atoms with Crippen molar-refractivity contribution in [2.75, 3.05) is 24.7 Å². The molecule has 0 unspecified atom stereocenters. The van der Waals surface area contributed by atoms with Gasteiger partial charge in [-0.2, -0.15) is 5.53 Å². The first-order valence-corrected chi connectivity index (χ1v) is 8.11. The minimum Gasteiger partial charge on any atom is -0.493 e. The SMILES string of the molecule is COc1ccc(NNNN(C(=N)N)c2ccc3ccccc3n2)cc1OC. The highest BCUT2D eigenvalue weighted by Crippen LogP contribution is 2.29. The van der Waals surface area contributed by atoms with Crippen LogP contribution < -0.4 is 36.7 Å². The highest BCUT2D eigenvalue weighted by Gasteiger charge is 2.11. The van der Waals surface area contributed by atoms with E-state index in [-0.39, 0.29) is 5.96 Å². The quantitative estimate of drug-likeness (QED) is 0.244. The van der Waals surface area contributed by atoms with E-state index in [9.17, 15) is 0 Å². The van der Waals surface area contributed by atoms with Crippen LogP contribution >= 0.6 is 0 Å². The Bertz CT molecular complexity index is 948. The molecule has 0 amide bonds. The fraction of sp³-hybridized carbons (Fsp3) is 0.111. The van der Waals surface area contributed by atoms with Gasteiger partial charge in [0.15, 0.2) is 17.3 Å². The van der Waals surface area contributed by atoms with E-state index in [2.05, 4.69) is 21.5 Å². The number of benzene rings is 2. The molecule has 140 valence electrons. The first-order chi connectivity index (χ1) is 13.1. The Labute approximate surface area is 156 Å². The van der Waals surface area contributed by atoms with E-state index in [1.54, 1.807) is 32.4 Å². The van der Waals surface area contributed by atoms with Gasteiger partial charge in [-0.3, -0.25) is 5.41 Å². The number of pyridine rings is 1. The summed E-state index contributed by atoms with van der Waals surface area (Å²) in [6, 6.07) is 16.7. The van der Waals surface area contributed by atoms with E-state index in [1.165, 1.54) is 5.01 Å². The third kappa shape index (κ3) is 4.17. The zero-order valence-corrected chi connectivity index (χ0v) is 15.0. The number of nitrogens with two attached hydrogens (primary N) is 1. The monoisotopic (exact) mass is 367 g/mol. The summed E-state index contributed by atoms with van der Waals surface area (Å²) in [4.78, 5) is 4.51. The number of fused-ring (bicyclic) bond motifs is 1. The Kier molecular flexibility index (Phi) is 5.55. The lowest BCUT2D eigenvalue weighted by molar-refractivity contribution is 0.355. The number of hydrogen-bond donors (Lipinski definition) is 5. The third-order valence-electron chi connectivity index (χ3n) is 3.81. The van der Waals surface area contributed by atoms with Crippen molar-refractivity contribution in [1.82, 2.24) is 16.1 Å². The molecule has 0 saturated heterocycles. The number of ether oxygens (including phenoxy) is 2. The minimum absolute atomic E-state index is 0.223. The second-order valence-electron chi connectivity index (χ2n) is 5.51. The van der Waals surface area contributed by atoms with E-state index in [1.807, 2.05) is 36.4 Å². The number of anilines is 2. The fourth-order valence-electron chi connectivity index (χ4n) is 2.49. The molecule has 2 aromatic carbocycles. The summed E-state index contributed by atoms with van der Waals surface area (Å²) in [7, 11) is 3.14. The van der Waals surface area contributed by atoms with Crippen molar-refractivity contribution < 1.29 is 9.47 Å². The highest BCUT2D eigenvalue weighted by molar-refractivity contribution is 5.92. The fourth-order valence-corrected chi connectivity index (χ4v) is 2.49. The van der Waals surface area contributed by atoms with Crippen LogP contribution in [0.1, 0.15) is 0 Å². The van der Waals surface area contributed by atoms with Crippen LogP contribution in [-0.4, -0.2) is 25.2 Å². The van der Waals surface area contributed by atoms with Gasteiger partial charge in [-0.1, -0.05) is 18.2 Å². The van der Waals surface area contributed by atoms with E-state index in [4.69, 9.17) is 20.6 Å². The largest absolute Gasteiger partial charge is 0.493 e. The van der Waals surface area contributed by atoms with E-state index in [0.29, 0.717) is 17.3 Å². The number of rotatable bonds is 7. The van der Waals surface area contributed by atoms with E-state index >= 15 is 0 Å².